The summed E-state index contributed by atoms with van der Waals surface area (Å²) in [5.41, 5.74) is 1.07. The summed E-state index contributed by atoms with van der Waals surface area (Å²) in [6.45, 7) is 0.226. The number of aromatic nitrogens is 2. The number of nitrogens with one attached hydrogen (secondary N) is 1. The highest BCUT2D eigenvalue weighted by atomic mass is 16.7. The normalized spacial score (nSPS) is 20.2. The highest BCUT2D eigenvalue weighted by Gasteiger charge is 2.24. The van der Waals surface area contributed by atoms with Crippen molar-refractivity contribution < 1.29 is 19.0 Å². The van der Waals surface area contributed by atoms with E-state index in [1.165, 1.54) is 18.5 Å². The van der Waals surface area contributed by atoms with Gasteiger partial charge in [-0.1, -0.05) is 6.07 Å². The Labute approximate surface area is 168 Å². The first-order valence-corrected chi connectivity index (χ1v) is 9.47. The first kappa shape index (κ1) is 18.7. The lowest BCUT2D eigenvalue weighted by Gasteiger charge is -2.28. The number of rotatable bonds is 5. The second-order valence-corrected chi connectivity index (χ2v) is 6.87. The zero-order chi connectivity index (χ0) is 20.1. The van der Waals surface area contributed by atoms with Crippen LogP contribution in [-0.2, 0) is 4.79 Å². The molecule has 0 radical (unpaired) electrons. The molecule has 1 amide bonds. The van der Waals surface area contributed by atoms with Crippen molar-refractivity contribution in [1.29, 1.82) is 5.26 Å². The van der Waals surface area contributed by atoms with Crippen molar-refractivity contribution >= 4 is 12.0 Å². The maximum atomic E-state index is 12.2. The molecule has 1 aromatic heterocycles. The van der Waals surface area contributed by atoms with Crippen molar-refractivity contribution in [2.75, 3.05) is 6.79 Å². The maximum absolute atomic E-state index is 12.2. The van der Waals surface area contributed by atoms with Crippen LogP contribution in [0.4, 0.5) is 0 Å². The van der Waals surface area contributed by atoms with E-state index in [1.54, 1.807) is 6.08 Å². The first-order chi connectivity index (χ1) is 14.2. The zero-order valence-corrected chi connectivity index (χ0v) is 15.7. The zero-order valence-electron chi connectivity index (χ0n) is 15.7. The lowest BCUT2D eigenvalue weighted by atomic mass is 9.93. The van der Waals surface area contributed by atoms with Gasteiger partial charge in [-0.25, -0.2) is 9.97 Å². The highest BCUT2D eigenvalue weighted by Crippen LogP contribution is 2.32. The number of nitrogens with zero attached hydrogens (tertiary/aromatic N) is 3. The van der Waals surface area contributed by atoms with Crippen LogP contribution < -0.4 is 19.5 Å². The first-order valence-electron chi connectivity index (χ1n) is 9.47. The summed E-state index contributed by atoms with van der Waals surface area (Å²) >= 11 is 0. The number of fused-ring (bicyclic) bond motifs is 1. The Morgan fingerprint density at radius 2 is 1.97 bits per heavy atom. The molecule has 1 saturated carbocycles. The van der Waals surface area contributed by atoms with Crippen molar-refractivity contribution in [2.24, 2.45) is 0 Å². The molecular weight excluding hydrogens is 372 g/mol. The summed E-state index contributed by atoms with van der Waals surface area (Å²) < 4.78 is 16.4. The quantitative estimate of drug-likeness (QED) is 0.780. The van der Waals surface area contributed by atoms with Crippen molar-refractivity contribution in [3.8, 4) is 23.4 Å². The number of carbonyl (C=O) groups excluding carboxylic acids is 1. The Bertz CT molecular complexity index is 961. The number of nitriles is 1. The molecule has 1 fully saturated rings. The minimum absolute atomic E-state index is 0.0314. The van der Waals surface area contributed by atoms with Crippen LogP contribution in [-0.4, -0.2) is 34.8 Å². The summed E-state index contributed by atoms with van der Waals surface area (Å²) in [5, 5.41) is 12.1. The smallest absolute Gasteiger partial charge is 0.251 e. The van der Waals surface area contributed by atoms with Gasteiger partial charge in [-0.05, 0) is 49.5 Å². The van der Waals surface area contributed by atoms with Gasteiger partial charge in [0.15, 0.2) is 11.5 Å². The molecule has 2 heterocycles. The Morgan fingerprint density at radius 1 is 1.17 bits per heavy atom. The molecule has 0 saturated heterocycles. The molecule has 1 N–H and O–H groups in total. The van der Waals surface area contributed by atoms with Gasteiger partial charge in [-0.2, -0.15) is 5.26 Å². The minimum Gasteiger partial charge on any atom is -0.472 e. The predicted octanol–water partition coefficient (Wildman–Crippen LogP) is 2.60. The molecule has 1 aliphatic carbocycles. The van der Waals surface area contributed by atoms with E-state index in [-0.39, 0.29) is 36.4 Å². The third kappa shape index (κ3) is 4.63. The SMILES string of the molecule is N#Cc1nccnc1OC1CCC(NC(=O)/C=C/c2ccc3c(c2)OCO3)CC1. The molecule has 29 heavy (non-hydrogen) atoms. The summed E-state index contributed by atoms with van der Waals surface area (Å²) in [6, 6.07) is 7.63. The van der Waals surface area contributed by atoms with E-state index in [4.69, 9.17) is 19.5 Å². The monoisotopic (exact) mass is 392 g/mol. The summed E-state index contributed by atoms with van der Waals surface area (Å²) in [5.74, 6) is 1.55. The van der Waals surface area contributed by atoms with Crippen LogP contribution in [0, 0.1) is 11.3 Å². The van der Waals surface area contributed by atoms with E-state index in [0.717, 1.165) is 31.2 Å². The Kier molecular flexibility index (Phi) is 5.56. The molecule has 0 atom stereocenters. The van der Waals surface area contributed by atoms with Crippen LogP contribution in [0.3, 0.4) is 0 Å². The molecule has 1 aliphatic heterocycles. The molecule has 4 rings (SSSR count). The van der Waals surface area contributed by atoms with Gasteiger partial charge in [-0.15, -0.1) is 0 Å². The Morgan fingerprint density at radius 3 is 2.79 bits per heavy atom. The van der Waals surface area contributed by atoms with Gasteiger partial charge in [-0.3, -0.25) is 4.79 Å². The van der Waals surface area contributed by atoms with Crippen LogP contribution in [0.25, 0.3) is 6.08 Å². The van der Waals surface area contributed by atoms with Gasteiger partial charge < -0.3 is 19.5 Å². The lowest BCUT2D eigenvalue weighted by molar-refractivity contribution is -0.117. The number of hydrogen-bond acceptors (Lipinski definition) is 7. The molecule has 2 aromatic rings. The van der Waals surface area contributed by atoms with Gasteiger partial charge in [0.1, 0.15) is 12.2 Å². The van der Waals surface area contributed by atoms with E-state index in [0.29, 0.717) is 11.5 Å². The number of carbonyl (C=O) groups is 1. The molecule has 0 unspecified atom stereocenters. The van der Waals surface area contributed by atoms with Gasteiger partial charge in [0.05, 0.1) is 0 Å². The average molecular weight is 392 g/mol. The van der Waals surface area contributed by atoms with Crippen LogP contribution in [0.1, 0.15) is 36.9 Å². The number of hydrogen-bond donors (Lipinski definition) is 1. The predicted molar refractivity (Wildman–Crippen MR) is 103 cm³/mol. The number of ether oxygens (including phenoxy) is 3. The van der Waals surface area contributed by atoms with Crippen molar-refractivity contribution in [3.63, 3.8) is 0 Å². The lowest BCUT2D eigenvalue weighted by Crippen LogP contribution is -2.39. The van der Waals surface area contributed by atoms with Crippen LogP contribution >= 0.6 is 0 Å². The fourth-order valence-corrected chi connectivity index (χ4v) is 3.41. The van der Waals surface area contributed by atoms with Crippen LogP contribution in [0.5, 0.6) is 17.4 Å². The van der Waals surface area contributed by atoms with Crippen molar-refractivity contribution in [2.45, 2.75) is 37.8 Å². The average Bonchev–Trinajstić information content (AvgIpc) is 3.22. The standard InChI is InChI=1S/C21H20N4O4/c22-12-17-21(24-10-9-23-17)29-16-5-3-15(4-6-16)25-20(26)8-2-14-1-7-18-19(11-14)28-13-27-18/h1-2,7-11,15-16H,3-6,13H2,(H,25,26)/b8-2+. The molecule has 8 nitrogen and oxygen atoms in total. The molecule has 8 heteroatoms. The van der Waals surface area contributed by atoms with E-state index in [1.807, 2.05) is 24.3 Å². The van der Waals surface area contributed by atoms with Crippen LogP contribution in [0.2, 0.25) is 0 Å². The third-order valence-electron chi connectivity index (χ3n) is 4.89. The topological polar surface area (TPSA) is 106 Å². The summed E-state index contributed by atoms with van der Waals surface area (Å²) in [7, 11) is 0. The number of amides is 1. The van der Waals surface area contributed by atoms with Gasteiger partial charge in [0, 0.05) is 24.5 Å². The second kappa shape index (κ2) is 8.61. The van der Waals surface area contributed by atoms with Crippen LogP contribution in [0.15, 0.2) is 36.7 Å². The summed E-state index contributed by atoms with van der Waals surface area (Å²) in [4.78, 5) is 20.3. The van der Waals surface area contributed by atoms with E-state index in [2.05, 4.69) is 15.3 Å². The largest absolute Gasteiger partial charge is 0.472 e. The highest BCUT2D eigenvalue weighted by molar-refractivity contribution is 5.92. The molecule has 2 aliphatic rings. The van der Waals surface area contributed by atoms with E-state index in [9.17, 15) is 4.79 Å². The molecule has 0 bridgehead atoms. The maximum Gasteiger partial charge on any atom is 0.251 e. The van der Waals surface area contributed by atoms with E-state index < -0.39 is 0 Å². The Balaban J connectivity index is 1.25. The molecule has 1 aromatic carbocycles. The number of benzene rings is 1. The van der Waals surface area contributed by atoms with Gasteiger partial charge >= 0.3 is 0 Å². The fraction of sp³-hybridized carbons (Fsp3) is 0.333. The van der Waals surface area contributed by atoms with Gasteiger partial charge in [0.2, 0.25) is 18.4 Å². The molecular formula is C21H20N4O4. The van der Waals surface area contributed by atoms with Crippen molar-refractivity contribution in [3.05, 3.63) is 47.9 Å². The third-order valence-corrected chi connectivity index (χ3v) is 4.89. The second-order valence-electron chi connectivity index (χ2n) is 6.87. The molecule has 0 spiro atoms. The van der Waals surface area contributed by atoms with Gasteiger partial charge in [0.25, 0.3) is 5.88 Å². The van der Waals surface area contributed by atoms with Crippen molar-refractivity contribution in [1.82, 2.24) is 15.3 Å². The summed E-state index contributed by atoms with van der Waals surface area (Å²) in [6.07, 6.45) is 9.38. The molecule has 148 valence electrons. The fourth-order valence-electron chi connectivity index (χ4n) is 3.41. The Hall–Kier alpha value is -3.60. The minimum atomic E-state index is -0.132. The van der Waals surface area contributed by atoms with E-state index >= 15 is 0 Å².